The van der Waals surface area contributed by atoms with Crippen LogP contribution < -0.4 is 10.0 Å². The number of nitrogens with one attached hydrogen (secondary N) is 2. The summed E-state index contributed by atoms with van der Waals surface area (Å²) in [6.07, 6.45) is 2.99. The van der Waals surface area contributed by atoms with Gasteiger partial charge in [0.2, 0.25) is 10.0 Å². The highest BCUT2D eigenvalue weighted by atomic mass is 32.2. The minimum atomic E-state index is -3.23. The number of benzene rings is 1. The molecule has 0 heterocycles. The fraction of sp³-hybridized carbons (Fsp3) is 0.600. The van der Waals surface area contributed by atoms with Gasteiger partial charge < -0.3 is 5.32 Å². The molecule has 0 saturated heterocycles. The average molecular weight is 296 g/mol. The highest BCUT2D eigenvalue weighted by Gasteiger charge is 2.40. The molecule has 1 aromatic carbocycles. The Morgan fingerprint density at radius 2 is 1.75 bits per heavy atom. The summed E-state index contributed by atoms with van der Waals surface area (Å²) < 4.78 is 26.8. The molecule has 1 fully saturated rings. The van der Waals surface area contributed by atoms with E-state index in [4.69, 9.17) is 0 Å². The second kappa shape index (κ2) is 6.24. The second-order valence-corrected chi connectivity index (χ2v) is 7.64. The van der Waals surface area contributed by atoms with Crippen molar-refractivity contribution in [1.82, 2.24) is 10.0 Å². The first-order chi connectivity index (χ1) is 9.42. The summed E-state index contributed by atoms with van der Waals surface area (Å²) in [5.41, 5.74) is 1.82. The van der Waals surface area contributed by atoms with E-state index in [-0.39, 0.29) is 11.3 Å². The Bertz CT molecular complexity index is 533. The summed E-state index contributed by atoms with van der Waals surface area (Å²) in [5.74, 6) is 0.0608. The van der Waals surface area contributed by atoms with Gasteiger partial charge in [-0.3, -0.25) is 0 Å². The SMILES string of the molecule is CCCNCc1ccc(CS(=O)(=O)NC2(C)CC2)cc1. The average Bonchev–Trinajstić information content (AvgIpc) is 3.07. The van der Waals surface area contributed by atoms with Crippen LogP contribution >= 0.6 is 0 Å². The van der Waals surface area contributed by atoms with Gasteiger partial charge in [0.05, 0.1) is 5.75 Å². The normalized spacial score (nSPS) is 17.1. The van der Waals surface area contributed by atoms with Gasteiger partial charge in [0.1, 0.15) is 0 Å². The monoisotopic (exact) mass is 296 g/mol. The molecule has 2 N–H and O–H groups in total. The lowest BCUT2D eigenvalue weighted by Gasteiger charge is -2.12. The van der Waals surface area contributed by atoms with E-state index in [1.807, 2.05) is 31.2 Å². The smallest absolute Gasteiger partial charge is 0.216 e. The van der Waals surface area contributed by atoms with Crippen LogP contribution in [0, 0.1) is 0 Å². The van der Waals surface area contributed by atoms with Crippen molar-refractivity contribution in [3.8, 4) is 0 Å². The lowest BCUT2D eigenvalue weighted by molar-refractivity contribution is 0.557. The molecule has 1 aromatic rings. The predicted molar refractivity (Wildman–Crippen MR) is 81.8 cm³/mol. The minimum Gasteiger partial charge on any atom is -0.313 e. The van der Waals surface area contributed by atoms with Crippen molar-refractivity contribution < 1.29 is 8.42 Å². The summed E-state index contributed by atoms with van der Waals surface area (Å²) in [5, 5.41) is 3.33. The Kier molecular flexibility index (Phi) is 4.83. The molecule has 0 spiro atoms. The first-order valence-electron chi connectivity index (χ1n) is 7.23. The third-order valence-corrected chi connectivity index (χ3v) is 5.05. The summed E-state index contributed by atoms with van der Waals surface area (Å²) >= 11 is 0. The molecule has 5 heteroatoms. The molecule has 1 aliphatic rings. The van der Waals surface area contributed by atoms with E-state index in [2.05, 4.69) is 17.0 Å². The van der Waals surface area contributed by atoms with Gasteiger partial charge in [0.15, 0.2) is 0 Å². The summed E-state index contributed by atoms with van der Waals surface area (Å²) in [6.45, 7) is 5.91. The van der Waals surface area contributed by atoms with Crippen molar-refractivity contribution in [1.29, 1.82) is 0 Å². The van der Waals surface area contributed by atoms with Crippen LogP contribution in [0.5, 0.6) is 0 Å². The third-order valence-electron chi connectivity index (χ3n) is 3.54. The van der Waals surface area contributed by atoms with Crippen LogP contribution in [0.4, 0.5) is 0 Å². The maximum Gasteiger partial charge on any atom is 0.216 e. The zero-order valence-corrected chi connectivity index (χ0v) is 13.1. The molecule has 2 rings (SSSR count). The van der Waals surface area contributed by atoms with E-state index in [0.29, 0.717) is 0 Å². The zero-order valence-electron chi connectivity index (χ0n) is 12.3. The van der Waals surface area contributed by atoms with Crippen molar-refractivity contribution in [2.45, 2.75) is 50.9 Å². The lowest BCUT2D eigenvalue weighted by Crippen LogP contribution is -2.35. The molecule has 0 bridgehead atoms. The summed E-state index contributed by atoms with van der Waals surface area (Å²) in [6, 6.07) is 7.79. The number of hydrogen-bond acceptors (Lipinski definition) is 3. The van der Waals surface area contributed by atoms with Gasteiger partial charge in [-0.05, 0) is 43.9 Å². The van der Waals surface area contributed by atoms with Crippen LogP contribution in [0.2, 0.25) is 0 Å². The Morgan fingerprint density at radius 1 is 1.15 bits per heavy atom. The van der Waals surface area contributed by atoms with Crippen LogP contribution in [0.15, 0.2) is 24.3 Å². The van der Waals surface area contributed by atoms with E-state index >= 15 is 0 Å². The van der Waals surface area contributed by atoms with Gasteiger partial charge in [-0.15, -0.1) is 0 Å². The molecular formula is C15H24N2O2S. The van der Waals surface area contributed by atoms with E-state index in [9.17, 15) is 8.42 Å². The first-order valence-corrected chi connectivity index (χ1v) is 8.88. The van der Waals surface area contributed by atoms with Crippen LogP contribution in [-0.2, 0) is 22.3 Å². The van der Waals surface area contributed by atoms with Crippen molar-refractivity contribution in [2.75, 3.05) is 6.54 Å². The van der Waals surface area contributed by atoms with E-state index in [1.54, 1.807) is 0 Å². The number of hydrogen-bond donors (Lipinski definition) is 2. The van der Waals surface area contributed by atoms with Crippen LogP contribution in [0.25, 0.3) is 0 Å². The Balaban J connectivity index is 1.89. The molecular weight excluding hydrogens is 272 g/mol. The summed E-state index contributed by atoms with van der Waals surface area (Å²) in [7, 11) is -3.23. The molecule has 0 amide bonds. The van der Waals surface area contributed by atoms with Gasteiger partial charge in [-0.2, -0.15) is 0 Å². The predicted octanol–water partition coefficient (Wildman–Crippen LogP) is 2.16. The second-order valence-electron chi connectivity index (χ2n) is 5.92. The Hall–Kier alpha value is -0.910. The van der Waals surface area contributed by atoms with E-state index < -0.39 is 10.0 Å². The molecule has 0 atom stereocenters. The van der Waals surface area contributed by atoms with Crippen LogP contribution in [0.1, 0.15) is 44.2 Å². The molecule has 1 aliphatic carbocycles. The van der Waals surface area contributed by atoms with Crippen LogP contribution in [-0.4, -0.2) is 20.5 Å². The zero-order chi connectivity index (χ0) is 14.6. The van der Waals surface area contributed by atoms with Crippen molar-refractivity contribution in [2.24, 2.45) is 0 Å². The fourth-order valence-electron chi connectivity index (χ4n) is 2.08. The topological polar surface area (TPSA) is 58.2 Å². The van der Waals surface area contributed by atoms with Crippen LogP contribution in [0.3, 0.4) is 0 Å². The molecule has 0 aliphatic heterocycles. The lowest BCUT2D eigenvalue weighted by atomic mass is 10.1. The van der Waals surface area contributed by atoms with Crippen molar-refractivity contribution >= 4 is 10.0 Å². The van der Waals surface area contributed by atoms with Gasteiger partial charge in [-0.25, -0.2) is 13.1 Å². The molecule has 4 nitrogen and oxygen atoms in total. The highest BCUT2D eigenvalue weighted by Crippen LogP contribution is 2.35. The molecule has 0 radical (unpaired) electrons. The van der Waals surface area contributed by atoms with E-state index in [0.717, 1.165) is 37.9 Å². The standard InChI is InChI=1S/C15H24N2O2S/c1-3-10-16-11-13-4-6-14(7-5-13)12-20(18,19)17-15(2)8-9-15/h4-7,16-17H,3,8-12H2,1-2H3. The Labute approximate surface area is 122 Å². The maximum absolute atomic E-state index is 12.0. The molecule has 0 aromatic heterocycles. The third kappa shape index (κ3) is 4.89. The van der Waals surface area contributed by atoms with Gasteiger partial charge in [0.25, 0.3) is 0 Å². The maximum atomic E-state index is 12.0. The number of rotatable bonds is 8. The van der Waals surface area contributed by atoms with Gasteiger partial charge in [-0.1, -0.05) is 31.2 Å². The minimum absolute atomic E-state index is 0.0608. The summed E-state index contributed by atoms with van der Waals surface area (Å²) in [4.78, 5) is 0. The molecule has 20 heavy (non-hydrogen) atoms. The quantitative estimate of drug-likeness (QED) is 0.723. The first kappa shape index (κ1) is 15.5. The fourth-order valence-corrected chi connectivity index (χ4v) is 3.74. The molecule has 112 valence electrons. The molecule has 0 unspecified atom stereocenters. The van der Waals surface area contributed by atoms with E-state index in [1.165, 1.54) is 5.56 Å². The van der Waals surface area contributed by atoms with Crippen molar-refractivity contribution in [3.05, 3.63) is 35.4 Å². The number of sulfonamides is 1. The van der Waals surface area contributed by atoms with Crippen molar-refractivity contribution in [3.63, 3.8) is 0 Å². The highest BCUT2D eigenvalue weighted by molar-refractivity contribution is 7.88. The van der Waals surface area contributed by atoms with Gasteiger partial charge in [0, 0.05) is 12.1 Å². The Morgan fingerprint density at radius 3 is 2.30 bits per heavy atom. The van der Waals surface area contributed by atoms with Gasteiger partial charge >= 0.3 is 0 Å². The largest absolute Gasteiger partial charge is 0.313 e. The molecule has 1 saturated carbocycles.